The zero-order chi connectivity index (χ0) is 14.8. The van der Waals surface area contributed by atoms with Crippen LogP contribution >= 0.6 is 0 Å². The highest BCUT2D eigenvalue weighted by molar-refractivity contribution is 5.92. The summed E-state index contributed by atoms with van der Waals surface area (Å²) in [6, 6.07) is 1.92. The molecule has 0 radical (unpaired) electrons. The maximum absolute atomic E-state index is 12.9. The second-order valence-corrected chi connectivity index (χ2v) is 7.80. The molecule has 0 N–H and O–H groups in total. The molecule has 0 aromatic carbocycles. The van der Waals surface area contributed by atoms with E-state index in [4.69, 9.17) is 0 Å². The zero-order valence-electron chi connectivity index (χ0n) is 13.3. The number of hydrogen-bond acceptors (Lipinski definition) is 2. The zero-order valence-corrected chi connectivity index (χ0v) is 13.3. The van der Waals surface area contributed by atoms with E-state index in [0.29, 0.717) is 5.69 Å². The summed E-state index contributed by atoms with van der Waals surface area (Å²) >= 11 is 0. The van der Waals surface area contributed by atoms with E-state index in [-0.39, 0.29) is 11.4 Å². The molecule has 1 aromatic rings. The number of carbonyl (C=O) groups is 1. The van der Waals surface area contributed by atoms with Gasteiger partial charge in [0, 0.05) is 25.3 Å². The first-order valence-corrected chi connectivity index (χ1v) is 8.26. The molecule has 4 aliphatic carbocycles. The Hall–Kier alpha value is -1.32. The van der Waals surface area contributed by atoms with Gasteiger partial charge in [0.05, 0.1) is 0 Å². The molecule has 0 saturated heterocycles. The van der Waals surface area contributed by atoms with Gasteiger partial charge in [-0.15, -0.1) is 0 Å². The minimum absolute atomic E-state index is 0.112. The first-order valence-electron chi connectivity index (χ1n) is 8.26. The molecule has 4 fully saturated rings. The second-order valence-electron chi connectivity index (χ2n) is 7.80. The van der Waals surface area contributed by atoms with Crippen LogP contribution in [-0.4, -0.2) is 33.2 Å². The lowest BCUT2D eigenvalue weighted by atomic mass is 9.52. The first kappa shape index (κ1) is 13.4. The van der Waals surface area contributed by atoms with E-state index in [1.165, 1.54) is 38.5 Å². The normalized spacial score (nSPS) is 37.0. The van der Waals surface area contributed by atoms with Gasteiger partial charge in [0.1, 0.15) is 0 Å². The fourth-order valence-electron chi connectivity index (χ4n) is 5.53. The molecule has 4 bridgehead atoms. The summed E-state index contributed by atoms with van der Waals surface area (Å²) in [4.78, 5) is 14.9. The quantitative estimate of drug-likeness (QED) is 0.839. The Kier molecular flexibility index (Phi) is 2.76. The molecule has 0 unspecified atom stereocenters. The molecule has 0 atom stereocenters. The summed E-state index contributed by atoms with van der Waals surface area (Å²) < 4.78 is 1.79. The van der Waals surface area contributed by atoms with Gasteiger partial charge in [-0.25, -0.2) is 0 Å². The summed E-state index contributed by atoms with van der Waals surface area (Å²) in [5.41, 5.74) is 1.77. The monoisotopic (exact) mass is 287 g/mol. The molecule has 4 saturated carbocycles. The summed E-state index contributed by atoms with van der Waals surface area (Å²) in [6.45, 7) is 1.99. The minimum Gasteiger partial charge on any atom is -0.335 e. The van der Waals surface area contributed by atoms with E-state index in [0.717, 1.165) is 23.4 Å². The number of carbonyl (C=O) groups excluding carboxylic acids is 1. The fraction of sp³-hybridized carbons (Fsp3) is 0.765. The van der Waals surface area contributed by atoms with Gasteiger partial charge in [-0.05, 0) is 69.3 Å². The van der Waals surface area contributed by atoms with E-state index >= 15 is 0 Å². The molecule has 0 aliphatic heterocycles. The van der Waals surface area contributed by atoms with Crippen LogP contribution in [0.3, 0.4) is 0 Å². The molecule has 114 valence electrons. The van der Waals surface area contributed by atoms with Crippen LogP contribution < -0.4 is 0 Å². The Labute approximate surface area is 126 Å². The van der Waals surface area contributed by atoms with Crippen LogP contribution in [0.15, 0.2) is 6.07 Å². The molecule has 4 heteroatoms. The molecule has 5 rings (SSSR count). The van der Waals surface area contributed by atoms with Crippen molar-refractivity contribution in [1.29, 1.82) is 0 Å². The van der Waals surface area contributed by atoms with Crippen molar-refractivity contribution in [3.8, 4) is 0 Å². The lowest BCUT2D eigenvalue weighted by molar-refractivity contribution is -0.0667. The molecule has 0 spiro atoms. The van der Waals surface area contributed by atoms with Crippen LogP contribution in [0.25, 0.3) is 0 Å². The van der Waals surface area contributed by atoms with Crippen molar-refractivity contribution in [2.75, 3.05) is 7.05 Å². The number of aromatic nitrogens is 2. The molecule has 4 nitrogen and oxygen atoms in total. The predicted octanol–water partition coefficient (Wildman–Crippen LogP) is 2.77. The van der Waals surface area contributed by atoms with Crippen LogP contribution in [0, 0.1) is 24.7 Å². The summed E-state index contributed by atoms with van der Waals surface area (Å²) in [5.74, 6) is 2.69. The minimum atomic E-state index is 0.112. The average molecular weight is 287 g/mol. The highest BCUT2D eigenvalue weighted by atomic mass is 16.2. The standard InChI is InChI=1S/C17H25N3O/c1-11-4-15(18-20(11)3)16(21)19(2)17-8-12-5-13(9-17)7-14(6-12)10-17/h4,12-14H,5-10H2,1-3H3. The largest absolute Gasteiger partial charge is 0.335 e. The predicted molar refractivity (Wildman–Crippen MR) is 80.9 cm³/mol. The van der Waals surface area contributed by atoms with Crippen molar-refractivity contribution in [3.05, 3.63) is 17.5 Å². The van der Waals surface area contributed by atoms with E-state index in [1.807, 2.05) is 27.1 Å². The second kappa shape index (κ2) is 4.34. The summed E-state index contributed by atoms with van der Waals surface area (Å²) in [6.07, 6.45) is 7.87. The van der Waals surface area contributed by atoms with Gasteiger partial charge in [-0.2, -0.15) is 5.10 Å². The maximum Gasteiger partial charge on any atom is 0.274 e. The Morgan fingerprint density at radius 3 is 2.19 bits per heavy atom. The van der Waals surface area contributed by atoms with Crippen molar-refractivity contribution in [3.63, 3.8) is 0 Å². The maximum atomic E-state index is 12.9. The molecular formula is C17H25N3O. The Balaban J connectivity index is 1.62. The molecular weight excluding hydrogens is 262 g/mol. The van der Waals surface area contributed by atoms with Crippen LogP contribution in [0.1, 0.15) is 54.7 Å². The highest BCUT2D eigenvalue weighted by Gasteiger charge is 2.53. The lowest BCUT2D eigenvalue weighted by Gasteiger charge is -2.59. The Morgan fingerprint density at radius 2 is 1.76 bits per heavy atom. The topological polar surface area (TPSA) is 38.1 Å². The lowest BCUT2D eigenvalue weighted by Crippen LogP contribution is -2.60. The van der Waals surface area contributed by atoms with E-state index in [9.17, 15) is 4.79 Å². The van der Waals surface area contributed by atoms with E-state index in [2.05, 4.69) is 10.00 Å². The van der Waals surface area contributed by atoms with Gasteiger partial charge in [-0.3, -0.25) is 9.48 Å². The van der Waals surface area contributed by atoms with Crippen LogP contribution in [0.5, 0.6) is 0 Å². The van der Waals surface area contributed by atoms with Crippen molar-refractivity contribution >= 4 is 5.91 Å². The van der Waals surface area contributed by atoms with Gasteiger partial charge < -0.3 is 4.90 Å². The molecule has 4 aliphatic rings. The molecule has 21 heavy (non-hydrogen) atoms. The van der Waals surface area contributed by atoms with Gasteiger partial charge in [0.15, 0.2) is 5.69 Å². The number of hydrogen-bond donors (Lipinski definition) is 0. The van der Waals surface area contributed by atoms with Gasteiger partial charge >= 0.3 is 0 Å². The van der Waals surface area contributed by atoms with Crippen molar-refractivity contribution in [2.24, 2.45) is 24.8 Å². The number of amides is 1. The van der Waals surface area contributed by atoms with Crippen LogP contribution in [-0.2, 0) is 7.05 Å². The first-order chi connectivity index (χ1) is 9.97. The molecule has 1 amide bonds. The summed E-state index contributed by atoms with van der Waals surface area (Å²) in [7, 11) is 3.91. The third-order valence-corrected chi connectivity index (χ3v) is 6.35. The van der Waals surface area contributed by atoms with Crippen molar-refractivity contribution < 1.29 is 4.79 Å². The fourth-order valence-corrected chi connectivity index (χ4v) is 5.53. The summed E-state index contributed by atoms with van der Waals surface area (Å²) in [5, 5.41) is 4.38. The van der Waals surface area contributed by atoms with E-state index < -0.39 is 0 Å². The SMILES string of the molecule is Cc1cc(C(=O)N(C)C23CC4CC(CC(C4)C2)C3)nn1C. The average Bonchev–Trinajstić information content (AvgIpc) is 2.75. The third-order valence-electron chi connectivity index (χ3n) is 6.35. The van der Waals surface area contributed by atoms with Gasteiger partial charge in [-0.1, -0.05) is 0 Å². The Bertz CT molecular complexity index is 534. The van der Waals surface area contributed by atoms with Crippen molar-refractivity contribution in [2.45, 2.75) is 51.0 Å². The van der Waals surface area contributed by atoms with Gasteiger partial charge in [0.2, 0.25) is 0 Å². The van der Waals surface area contributed by atoms with E-state index in [1.54, 1.807) is 4.68 Å². The molecule has 1 aromatic heterocycles. The number of aryl methyl sites for hydroxylation is 2. The van der Waals surface area contributed by atoms with Crippen molar-refractivity contribution in [1.82, 2.24) is 14.7 Å². The highest BCUT2D eigenvalue weighted by Crippen LogP contribution is 2.57. The Morgan fingerprint density at radius 1 is 1.24 bits per heavy atom. The van der Waals surface area contributed by atoms with Crippen LogP contribution in [0.4, 0.5) is 0 Å². The van der Waals surface area contributed by atoms with Crippen LogP contribution in [0.2, 0.25) is 0 Å². The number of nitrogens with zero attached hydrogens (tertiary/aromatic N) is 3. The van der Waals surface area contributed by atoms with Gasteiger partial charge in [0.25, 0.3) is 5.91 Å². The molecule has 1 heterocycles. The third kappa shape index (κ3) is 1.95. The number of rotatable bonds is 2. The smallest absolute Gasteiger partial charge is 0.274 e.